The average molecular weight is 294 g/mol. The molecule has 1 aromatic carbocycles. The normalized spacial score (nSPS) is 12.6. The Bertz CT molecular complexity index is 385. The highest BCUT2D eigenvalue weighted by molar-refractivity contribution is 5.33. The van der Waals surface area contributed by atoms with Gasteiger partial charge in [-0.1, -0.05) is 32.0 Å². The van der Waals surface area contributed by atoms with Crippen LogP contribution in [0.3, 0.4) is 0 Å². The third-order valence-electron chi connectivity index (χ3n) is 3.61. The van der Waals surface area contributed by atoms with Gasteiger partial charge in [0.05, 0.1) is 6.61 Å². The maximum Gasteiger partial charge on any atom is 0.123 e. The molecular formula is C17H30N2O2. The van der Waals surface area contributed by atoms with Crippen molar-refractivity contribution in [3.05, 3.63) is 29.8 Å². The Hall–Kier alpha value is -1.10. The lowest BCUT2D eigenvalue weighted by atomic mass is 10.2. The third-order valence-corrected chi connectivity index (χ3v) is 3.61. The van der Waals surface area contributed by atoms with E-state index in [2.05, 4.69) is 43.1 Å². The van der Waals surface area contributed by atoms with Gasteiger partial charge >= 0.3 is 0 Å². The van der Waals surface area contributed by atoms with Crippen LogP contribution in [0.25, 0.3) is 0 Å². The predicted molar refractivity (Wildman–Crippen MR) is 87.9 cm³/mol. The quantitative estimate of drug-likeness (QED) is 0.680. The van der Waals surface area contributed by atoms with Crippen LogP contribution >= 0.6 is 0 Å². The molecule has 120 valence electrons. The SMILES string of the molecule is CCNCc1ccccc1OCCN(CC)C(C)COC. The molecule has 4 heteroatoms. The fourth-order valence-electron chi connectivity index (χ4n) is 2.36. The molecule has 0 spiro atoms. The fraction of sp³-hybridized carbons (Fsp3) is 0.647. The highest BCUT2D eigenvalue weighted by Crippen LogP contribution is 2.17. The predicted octanol–water partition coefficient (Wildman–Crippen LogP) is 2.53. The standard InChI is InChI=1S/C17H30N2O2/c1-5-18-13-16-9-7-8-10-17(16)21-12-11-19(6-2)15(3)14-20-4/h7-10,15,18H,5-6,11-14H2,1-4H3. The highest BCUT2D eigenvalue weighted by Gasteiger charge is 2.11. The number of hydrogen-bond acceptors (Lipinski definition) is 4. The molecule has 0 amide bonds. The number of ether oxygens (including phenoxy) is 2. The van der Waals surface area contributed by atoms with Crippen molar-refractivity contribution in [3.8, 4) is 5.75 Å². The van der Waals surface area contributed by atoms with E-state index in [0.717, 1.165) is 38.5 Å². The van der Waals surface area contributed by atoms with E-state index in [1.807, 2.05) is 12.1 Å². The maximum absolute atomic E-state index is 5.97. The highest BCUT2D eigenvalue weighted by atomic mass is 16.5. The van der Waals surface area contributed by atoms with Crippen LogP contribution in [0.15, 0.2) is 24.3 Å². The van der Waals surface area contributed by atoms with Gasteiger partial charge in [-0.3, -0.25) is 4.90 Å². The fourth-order valence-corrected chi connectivity index (χ4v) is 2.36. The van der Waals surface area contributed by atoms with Gasteiger partial charge in [0.2, 0.25) is 0 Å². The molecule has 1 rings (SSSR count). The van der Waals surface area contributed by atoms with Crippen molar-refractivity contribution in [1.82, 2.24) is 10.2 Å². The molecule has 0 saturated heterocycles. The molecule has 0 heterocycles. The maximum atomic E-state index is 5.97. The summed E-state index contributed by atoms with van der Waals surface area (Å²) in [5.41, 5.74) is 1.22. The van der Waals surface area contributed by atoms with Crippen molar-refractivity contribution < 1.29 is 9.47 Å². The zero-order valence-electron chi connectivity index (χ0n) is 13.9. The minimum absolute atomic E-state index is 0.417. The molecule has 0 radical (unpaired) electrons. The van der Waals surface area contributed by atoms with E-state index in [4.69, 9.17) is 9.47 Å². The van der Waals surface area contributed by atoms with Gasteiger partial charge in [-0.25, -0.2) is 0 Å². The Labute approximate surface area is 129 Å². The zero-order valence-corrected chi connectivity index (χ0v) is 13.9. The Morgan fingerprint density at radius 1 is 1.24 bits per heavy atom. The molecule has 0 aliphatic carbocycles. The number of rotatable bonds is 11. The van der Waals surface area contributed by atoms with Crippen LogP contribution in [0, 0.1) is 0 Å². The molecule has 1 N–H and O–H groups in total. The summed E-state index contributed by atoms with van der Waals surface area (Å²) < 4.78 is 11.2. The average Bonchev–Trinajstić information content (AvgIpc) is 2.50. The molecule has 0 aliphatic heterocycles. The number of benzene rings is 1. The monoisotopic (exact) mass is 294 g/mol. The van der Waals surface area contributed by atoms with Crippen LogP contribution in [-0.2, 0) is 11.3 Å². The second-order valence-electron chi connectivity index (χ2n) is 5.17. The van der Waals surface area contributed by atoms with Gasteiger partial charge in [-0.05, 0) is 26.1 Å². The summed E-state index contributed by atoms with van der Waals surface area (Å²) >= 11 is 0. The van der Waals surface area contributed by atoms with Crippen LogP contribution in [0.1, 0.15) is 26.3 Å². The van der Waals surface area contributed by atoms with Crippen LogP contribution in [0.2, 0.25) is 0 Å². The summed E-state index contributed by atoms with van der Waals surface area (Å²) in [4.78, 5) is 2.37. The van der Waals surface area contributed by atoms with Gasteiger partial charge in [-0.2, -0.15) is 0 Å². The Balaban J connectivity index is 2.47. The Morgan fingerprint density at radius 3 is 2.67 bits per heavy atom. The van der Waals surface area contributed by atoms with Crippen LogP contribution in [-0.4, -0.2) is 50.9 Å². The number of methoxy groups -OCH3 is 1. The summed E-state index contributed by atoms with van der Waals surface area (Å²) in [6, 6.07) is 8.65. The molecule has 0 bridgehead atoms. The van der Waals surface area contributed by atoms with Crippen molar-refractivity contribution in [1.29, 1.82) is 0 Å². The van der Waals surface area contributed by atoms with Crippen molar-refractivity contribution in [3.63, 3.8) is 0 Å². The van der Waals surface area contributed by atoms with Gasteiger partial charge in [0.1, 0.15) is 12.4 Å². The summed E-state index contributed by atoms with van der Waals surface area (Å²) in [7, 11) is 1.75. The van der Waals surface area contributed by atoms with Gasteiger partial charge in [0.25, 0.3) is 0 Å². The first kappa shape index (κ1) is 18.0. The smallest absolute Gasteiger partial charge is 0.123 e. The second kappa shape index (κ2) is 10.6. The molecule has 0 aliphatic rings. The number of hydrogen-bond donors (Lipinski definition) is 1. The summed E-state index contributed by atoms with van der Waals surface area (Å²) in [5.74, 6) is 0.980. The summed E-state index contributed by atoms with van der Waals surface area (Å²) in [6.45, 7) is 11.7. The second-order valence-corrected chi connectivity index (χ2v) is 5.17. The van der Waals surface area contributed by atoms with Crippen LogP contribution in [0.4, 0.5) is 0 Å². The number of para-hydroxylation sites is 1. The van der Waals surface area contributed by atoms with Gasteiger partial charge in [0.15, 0.2) is 0 Å². The first-order chi connectivity index (χ1) is 10.2. The van der Waals surface area contributed by atoms with Crippen LogP contribution < -0.4 is 10.1 Å². The van der Waals surface area contributed by atoms with E-state index in [0.29, 0.717) is 12.6 Å². The van der Waals surface area contributed by atoms with E-state index in [-0.39, 0.29) is 0 Å². The topological polar surface area (TPSA) is 33.7 Å². The molecule has 0 aromatic heterocycles. The minimum Gasteiger partial charge on any atom is -0.492 e. The first-order valence-corrected chi connectivity index (χ1v) is 7.87. The molecule has 0 fully saturated rings. The van der Waals surface area contributed by atoms with Crippen LogP contribution in [0.5, 0.6) is 5.75 Å². The van der Waals surface area contributed by atoms with Gasteiger partial charge < -0.3 is 14.8 Å². The molecule has 1 atom stereocenters. The Morgan fingerprint density at radius 2 is 2.00 bits per heavy atom. The van der Waals surface area contributed by atoms with Gasteiger partial charge in [-0.15, -0.1) is 0 Å². The molecule has 0 saturated carbocycles. The lowest BCUT2D eigenvalue weighted by Crippen LogP contribution is -2.38. The van der Waals surface area contributed by atoms with Crippen molar-refractivity contribution >= 4 is 0 Å². The summed E-state index contributed by atoms with van der Waals surface area (Å²) in [6.07, 6.45) is 0. The van der Waals surface area contributed by atoms with E-state index < -0.39 is 0 Å². The van der Waals surface area contributed by atoms with Crippen molar-refractivity contribution in [2.24, 2.45) is 0 Å². The molecule has 1 unspecified atom stereocenters. The van der Waals surface area contributed by atoms with E-state index in [9.17, 15) is 0 Å². The zero-order chi connectivity index (χ0) is 15.5. The third kappa shape index (κ3) is 6.46. The van der Waals surface area contributed by atoms with E-state index in [1.165, 1.54) is 5.56 Å². The van der Waals surface area contributed by atoms with E-state index >= 15 is 0 Å². The van der Waals surface area contributed by atoms with Crippen molar-refractivity contribution in [2.75, 3.05) is 40.0 Å². The summed E-state index contributed by atoms with van der Waals surface area (Å²) in [5, 5.41) is 3.34. The molecule has 1 aromatic rings. The largest absolute Gasteiger partial charge is 0.492 e. The first-order valence-electron chi connectivity index (χ1n) is 7.87. The lowest BCUT2D eigenvalue weighted by Gasteiger charge is -2.27. The lowest BCUT2D eigenvalue weighted by molar-refractivity contribution is 0.0919. The number of likely N-dealkylation sites (N-methyl/N-ethyl adjacent to an activating group) is 1. The number of nitrogens with zero attached hydrogens (tertiary/aromatic N) is 1. The van der Waals surface area contributed by atoms with Gasteiger partial charge in [0, 0.05) is 31.8 Å². The van der Waals surface area contributed by atoms with E-state index in [1.54, 1.807) is 7.11 Å². The minimum atomic E-state index is 0.417. The Kier molecular flexibility index (Phi) is 9.06. The molecule has 21 heavy (non-hydrogen) atoms. The molecule has 4 nitrogen and oxygen atoms in total. The van der Waals surface area contributed by atoms with Crippen molar-refractivity contribution in [2.45, 2.75) is 33.4 Å². The number of nitrogens with one attached hydrogen (secondary N) is 1. The molecular weight excluding hydrogens is 264 g/mol.